The number of hydrogen-bond donors (Lipinski definition) is 2. The normalized spacial score (nSPS) is 10.3. The lowest BCUT2D eigenvalue weighted by Gasteiger charge is -2.11. The Morgan fingerprint density at radius 1 is 1.47 bits per heavy atom. The van der Waals surface area contributed by atoms with Crippen LogP contribution in [0, 0.1) is 5.41 Å². The molecule has 0 spiro atoms. The fraction of sp³-hybridized carbons (Fsp3) is 0.444. The first kappa shape index (κ1) is 11.4. The summed E-state index contributed by atoms with van der Waals surface area (Å²) in [6, 6.07) is 0. The number of nitrogens with two attached hydrogens (primary N) is 1. The Bertz CT molecular complexity index is 339. The highest BCUT2D eigenvalue weighted by molar-refractivity contribution is 5.94. The van der Waals surface area contributed by atoms with Crippen LogP contribution in [0.2, 0.25) is 0 Å². The number of nitrogen functional groups attached to an aromatic ring is 1. The number of hydrogen-bond acceptors (Lipinski definition) is 5. The zero-order valence-corrected chi connectivity index (χ0v) is 8.90. The molecule has 0 aliphatic rings. The Hall–Kier alpha value is -1.69. The summed E-state index contributed by atoms with van der Waals surface area (Å²) in [5, 5.41) is 7.28. The third kappa shape index (κ3) is 3.51. The molecule has 0 amide bonds. The monoisotopic (exact) mass is 209 g/mol. The van der Waals surface area contributed by atoms with E-state index in [0.717, 1.165) is 6.54 Å². The molecule has 1 aromatic rings. The Morgan fingerprint density at radius 3 is 2.73 bits per heavy atom. The van der Waals surface area contributed by atoms with Gasteiger partial charge in [-0.15, -0.1) is 0 Å². The van der Waals surface area contributed by atoms with Gasteiger partial charge in [0.25, 0.3) is 0 Å². The smallest absolute Gasteiger partial charge is 0.243 e. The van der Waals surface area contributed by atoms with Gasteiger partial charge in [-0.25, -0.2) is 9.97 Å². The molecule has 0 bridgehead atoms. The molecule has 0 saturated carbocycles. The van der Waals surface area contributed by atoms with Crippen LogP contribution in [-0.2, 0) is 0 Å². The van der Waals surface area contributed by atoms with Gasteiger partial charge in [-0.05, 0) is 14.1 Å². The maximum Gasteiger partial charge on any atom is 0.243 e. The van der Waals surface area contributed by atoms with E-state index >= 15 is 0 Å². The van der Waals surface area contributed by atoms with Crippen LogP contribution in [0.1, 0.15) is 5.69 Å². The van der Waals surface area contributed by atoms with Crippen molar-refractivity contribution in [2.75, 3.05) is 27.2 Å². The highest BCUT2D eigenvalue weighted by Gasteiger charge is 2.08. The highest BCUT2D eigenvalue weighted by atomic mass is 16.5. The summed E-state index contributed by atoms with van der Waals surface area (Å²) in [5.74, 6) is 0.176. The second-order valence-electron chi connectivity index (χ2n) is 3.28. The zero-order valence-electron chi connectivity index (χ0n) is 8.90. The molecule has 1 heterocycles. The van der Waals surface area contributed by atoms with Gasteiger partial charge < -0.3 is 15.4 Å². The average molecular weight is 209 g/mol. The van der Waals surface area contributed by atoms with E-state index in [-0.39, 0.29) is 11.5 Å². The van der Waals surface area contributed by atoms with Crippen LogP contribution in [0.25, 0.3) is 0 Å². The van der Waals surface area contributed by atoms with Crippen molar-refractivity contribution in [3.63, 3.8) is 0 Å². The minimum absolute atomic E-state index is 0.136. The van der Waals surface area contributed by atoms with Crippen molar-refractivity contribution in [2.24, 2.45) is 5.73 Å². The first-order chi connectivity index (χ1) is 7.11. The summed E-state index contributed by atoms with van der Waals surface area (Å²) in [7, 11) is 3.90. The Labute approximate surface area is 88.6 Å². The molecule has 0 fully saturated rings. The van der Waals surface area contributed by atoms with E-state index < -0.39 is 0 Å². The molecule has 1 aromatic heterocycles. The van der Waals surface area contributed by atoms with Gasteiger partial charge >= 0.3 is 0 Å². The number of nitrogens with one attached hydrogen (secondary N) is 1. The SMILES string of the molecule is CN(C)CCOc1nccnc1C(=N)N. The second-order valence-corrected chi connectivity index (χ2v) is 3.28. The summed E-state index contributed by atoms with van der Waals surface area (Å²) in [5.41, 5.74) is 5.62. The molecule has 0 atom stereocenters. The van der Waals surface area contributed by atoms with Gasteiger partial charge in [0, 0.05) is 18.9 Å². The molecule has 6 nitrogen and oxygen atoms in total. The predicted molar refractivity (Wildman–Crippen MR) is 57.1 cm³/mol. The summed E-state index contributed by atoms with van der Waals surface area (Å²) in [4.78, 5) is 9.89. The van der Waals surface area contributed by atoms with E-state index in [1.165, 1.54) is 12.4 Å². The first-order valence-electron chi connectivity index (χ1n) is 4.54. The summed E-state index contributed by atoms with van der Waals surface area (Å²) in [6.07, 6.45) is 2.99. The number of ether oxygens (including phenoxy) is 1. The molecular weight excluding hydrogens is 194 g/mol. The molecule has 0 unspecified atom stereocenters. The molecular formula is C9H15N5O. The molecule has 0 aliphatic carbocycles. The standard InChI is InChI=1S/C9H15N5O/c1-14(2)5-6-15-9-7(8(10)11)12-3-4-13-9/h3-4H,5-6H2,1-2H3,(H3,10,11). The summed E-state index contributed by atoms with van der Waals surface area (Å²) < 4.78 is 5.37. The van der Waals surface area contributed by atoms with Gasteiger partial charge in [-0.3, -0.25) is 5.41 Å². The van der Waals surface area contributed by atoms with E-state index in [1.807, 2.05) is 19.0 Å². The molecule has 6 heteroatoms. The molecule has 0 aliphatic heterocycles. The molecule has 1 rings (SSSR count). The van der Waals surface area contributed by atoms with Gasteiger partial charge in [-0.2, -0.15) is 0 Å². The van der Waals surface area contributed by atoms with Crippen molar-refractivity contribution in [1.29, 1.82) is 5.41 Å². The maximum absolute atomic E-state index is 7.28. The maximum atomic E-state index is 7.28. The van der Waals surface area contributed by atoms with Crippen molar-refractivity contribution in [2.45, 2.75) is 0 Å². The fourth-order valence-electron chi connectivity index (χ4n) is 0.941. The molecule has 3 N–H and O–H groups in total. The lowest BCUT2D eigenvalue weighted by molar-refractivity contribution is 0.252. The number of rotatable bonds is 5. The van der Waals surface area contributed by atoms with Crippen molar-refractivity contribution in [3.8, 4) is 5.88 Å². The van der Waals surface area contributed by atoms with Crippen LogP contribution in [0.4, 0.5) is 0 Å². The van der Waals surface area contributed by atoms with E-state index in [2.05, 4.69) is 9.97 Å². The summed E-state index contributed by atoms with van der Waals surface area (Å²) >= 11 is 0. The van der Waals surface area contributed by atoms with Crippen LogP contribution >= 0.6 is 0 Å². The fourth-order valence-corrected chi connectivity index (χ4v) is 0.941. The Morgan fingerprint density at radius 2 is 2.13 bits per heavy atom. The topological polar surface area (TPSA) is 88.1 Å². The molecule has 0 saturated heterocycles. The van der Waals surface area contributed by atoms with Gasteiger partial charge in [0.1, 0.15) is 12.4 Å². The van der Waals surface area contributed by atoms with Gasteiger partial charge in [-0.1, -0.05) is 0 Å². The number of aromatic nitrogens is 2. The van der Waals surface area contributed by atoms with Crippen LogP contribution in [-0.4, -0.2) is 48.0 Å². The van der Waals surface area contributed by atoms with Crippen LogP contribution in [0.5, 0.6) is 5.88 Å². The lowest BCUT2D eigenvalue weighted by Crippen LogP contribution is -2.21. The van der Waals surface area contributed by atoms with Gasteiger partial charge in [0.2, 0.25) is 5.88 Å². The molecule has 82 valence electrons. The molecule has 0 radical (unpaired) electrons. The van der Waals surface area contributed by atoms with Crippen molar-refractivity contribution < 1.29 is 4.74 Å². The minimum atomic E-state index is -0.136. The minimum Gasteiger partial charge on any atom is -0.475 e. The van der Waals surface area contributed by atoms with E-state index in [9.17, 15) is 0 Å². The van der Waals surface area contributed by atoms with Gasteiger partial charge in [0.05, 0.1) is 0 Å². The van der Waals surface area contributed by atoms with E-state index in [0.29, 0.717) is 12.5 Å². The first-order valence-corrected chi connectivity index (χ1v) is 4.54. The van der Waals surface area contributed by atoms with Crippen molar-refractivity contribution in [3.05, 3.63) is 18.1 Å². The van der Waals surface area contributed by atoms with Crippen LogP contribution in [0.15, 0.2) is 12.4 Å². The zero-order chi connectivity index (χ0) is 11.3. The number of likely N-dealkylation sites (N-methyl/N-ethyl adjacent to an activating group) is 1. The average Bonchev–Trinajstić information content (AvgIpc) is 2.17. The predicted octanol–water partition coefficient (Wildman–Crippen LogP) is -0.299. The molecule has 15 heavy (non-hydrogen) atoms. The van der Waals surface area contributed by atoms with E-state index in [4.69, 9.17) is 15.9 Å². The van der Waals surface area contributed by atoms with Crippen LogP contribution < -0.4 is 10.5 Å². The van der Waals surface area contributed by atoms with Gasteiger partial charge in [0.15, 0.2) is 5.69 Å². The quantitative estimate of drug-likeness (QED) is 0.513. The Kier molecular flexibility index (Phi) is 3.99. The lowest BCUT2D eigenvalue weighted by atomic mass is 10.4. The third-order valence-corrected chi connectivity index (χ3v) is 1.70. The Balaban J connectivity index is 2.63. The summed E-state index contributed by atoms with van der Waals surface area (Å²) in [6.45, 7) is 1.26. The van der Waals surface area contributed by atoms with E-state index in [1.54, 1.807) is 0 Å². The highest BCUT2D eigenvalue weighted by Crippen LogP contribution is 2.09. The second kappa shape index (κ2) is 5.26. The third-order valence-electron chi connectivity index (χ3n) is 1.70. The van der Waals surface area contributed by atoms with Crippen molar-refractivity contribution in [1.82, 2.24) is 14.9 Å². The van der Waals surface area contributed by atoms with Crippen molar-refractivity contribution >= 4 is 5.84 Å². The number of amidine groups is 1. The van der Waals surface area contributed by atoms with Crippen LogP contribution in [0.3, 0.4) is 0 Å². The largest absolute Gasteiger partial charge is 0.475 e. The number of nitrogens with zero attached hydrogens (tertiary/aromatic N) is 3. The molecule has 0 aromatic carbocycles.